The molecule has 0 bridgehead atoms. The molecule has 0 aliphatic heterocycles. The Labute approximate surface area is 288 Å². The van der Waals surface area contributed by atoms with Gasteiger partial charge in [-0.3, -0.25) is 4.98 Å². The van der Waals surface area contributed by atoms with E-state index in [2.05, 4.69) is 59.8 Å². The van der Waals surface area contributed by atoms with Gasteiger partial charge in [0, 0.05) is 36.6 Å². The van der Waals surface area contributed by atoms with Crippen LogP contribution in [0.4, 0.5) is 4.79 Å². The quantitative estimate of drug-likeness (QED) is 0.0932. The molecule has 11 nitrogen and oxygen atoms in total. The Morgan fingerprint density at radius 1 is 0.980 bits per heavy atom. The predicted molar refractivity (Wildman–Crippen MR) is 185 cm³/mol. The Balaban J connectivity index is 1.09. The molecule has 0 radical (unpaired) electrons. The fraction of sp³-hybridized carbons (Fsp3) is 0.526. The van der Waals surface area contributed by atoms with E-state index in [1.54, 1.807) is 0 Å². The lowest BCUT2D eigenvalue weighted by molar-refractivity contribution is -0.113. The first-order valence-electron chi connectivity index (χ1n) is 17.4. The molecule has 1 heterocycles. The van der Waals surface area contributed by atoms with Gasteiger partial charge in [-0.2, -0.15) is 0 Å². The van der Waals surface area contributed by atoms with Crippen molar-refractivity contribution in [3.63, 3.8) is 0 Å². The number of amides is 2. The van der Waals surface area contributed by atoms with Gasteiger partial charge in [-0.15, -0.1) is 0 Å². The van der Waals surface area contributed by atoms with Gasteiger partial charge >= 0.3 is 6.03 Å². The first-order valence-corrected chi connectivity index (χ1v) is 17.4. The molecule has 2 fully saturated rings. The third-order valence-electron chi connectivity index (χ3n) is 9.60. The molecule has 1 aromatic heterocycles. The standard InChI is InChI=1S/C38H51N3O8/c1-24(7-5-6-17-40-37(47)41-21-32(43)35(45)36(46)33(44)22-42)26-11-10-25(2)27(19-26)23-48-38(15-16-38)31-20-39-18-14-29(31)30-8-3-4-9-34(30)49-28-12-13-28/h3-4,8-11,14,18-20,24,28,32-33,35-36,42-46H,5-7,12-13,15-17,21-23H2,1-2H3,(H2,40,41,47). The van der Waals surface area contributed by atoms with Crippen LogP contribution in [0.5, 0.6) is 5.75 Å². The lowest BCUT2D eigenvalue weighted by Crippen LogP contribution is -2.50. The zero-order valence-corrected chi connectivity index (χ0v) is 28.4. The second kappa shape index (κ2) is 16.9. The molecule has 2 aliphatic rings. The van der Waals surface area contributed by atoms with Gasteiger partial charge in [-0.05, 0) is 85.8 Å². The maximum Gasteiger partial charge on any atom is 0.314 e. The molecular formula is C38H51N3O8. The number of hydrogen-bond acceptors (Lipinski definition) is 9. The molecular weight excluding hydrogens is 626 g/mol. The molecule has 7 N–H and O–H groups in total. The highest BCUT2D eigenvalue weighted by atomic mass is 16.5. The zero-order valence-electron chi connectivity index (χ0n) is 28.4. The Morgan fingerprint density at radius 3 is 2.47 bits per heavy atom. The van der Waals surface area contributed by atoms with Crippen LogP contribution in [0.1, 0.15) is 80.0 Å². The van der Waals surface area contributed by atoms with Crippen molar-refractivity contribution >= 4 is 6.03 Å². The summed E-state index contributed by atoms with van der Waals surface area (Å²) in [5.41, 5.74) is 6.53. The first-order chi connectivity index (χ1) is 23.6. The number of aryl methyl sites for hydroxylation is 1. The normalized spacial score (nSPS) is 18.2. The summed E-state index contributed by atoms with van der Waals surface area (Å²) in [4.78, 5) is 16.6. The van der Waals surface area contributed by atoms with Crippen molar-refractivity contribution in [1.82, 2.24) is 15.6 Å². The number of carbonyl (C=O) groups is 1. The van der Waals surface area contributed by atoms with Crippen LogP contribution in [0.15, 0.2) is 60.9 Å². The van der Waals surface area contributed by atoms with Crippen LogP contribution < -0.4 is 15.4 Å². The average Bonchev–Trinajstić information content (AvgIpc) is 4.07. The molecule has 0 spiro atoms. The Kier molecular flexibility index (Phi) is 12.6. The molecule has 2 amide bonds. The minimum Gasteiger partial charge on any atom is -0.490 e. The first kappa shape index (κ1) is 36.7. The van der Waals surface area contributed by atoms with E-state index in [1.807, 2.05) is 30.6 Å². The van der Waals surface area contributed by atoms with E-state index < -0.39 is 37.1 Å². The summed E-state index contributed by atoms with van der Waals surface area (Å²) >= 11 is 0. The largest absolute Gasteiger partial charge is 0.490 e. The third kappa shape index (κ3) is 9.78. The maximum absolute atomic E-state index is 12.1. The lowest BCUT2D eigenvalue weighted by Gasteiger charge is -2.25. The topological polar surface area (TPSA) is 174 Å². The number of benzene rings is 2. The van der Waals surface area contributed by atoms with Crippen molar-refractivity contribution < 1.29 is 39.8 Å². The summed E-state index contributed by atoms with van der Waals surface area (Å²) in [5.74, 6) is 1.23. The SMILES string of the molecule is Cc1ccc(C(C)CCCCNC(=O)NCC(O)C(O)C(O)C(O)CO)cc1COC1(c2cnccc2-c2ccccc2OC2CC2)CC1. The molecule has 5 atom stereocenters. The van der Waals surface area contributed by atoms with Crippen LogP contribution in [0.25, 0.3) is 11.1 Å². The highest BCUT2D eigenvalue weighted by Crippen LogP contribution is 2.53. The number of pyridine rings is 1. The summed E-state index contributed by atoms with van der Waals surface area (Å²) < 4.78 is 13.0. The molecule has 49 heavy (non-hydrogen) atoms. The summed E-state index contributed by atoms with van der Waals surface area (Å²) in [5, 5.41) is 53.0. The molecule has 5 rings (SSSR count). The van der Waals surface area contributed by atoms with Gasteiger partial charge in [0.25, 0.3) is 0 Å². The van der Waals surface area contributed by atoms with Crippen LogP contribution >= 0.6 is 0 Å². The number of aliphatic hydroxyl groups is 5. The third-order valence-corrected chi connectivity index (χ3v) is 9.60. The minimum atomic E-state index is -1.74. The van der Waals surface area contributed by atoms with Crippen LogP contribution in [-0.2, 0) is 16.9 Å². The highest BCUT2D eigenvalue weighted by molar-refractivity contribution is 5.74. The van der Waals surface area contributed by atoms with E-state index in [9.17, 15) is 25.2 Å². The summed E-state index contributed by atoms with van der Waals surface area (Å²) in [6, 6.07) is 16.4. The molecule has 5 unspecified atom stereocenters. The molecule has 11 heteroatoms. The van der Waals surface area contributed by atoms with Crippen LogP contribution in [0.3, 0.4) is 0 Å². The van der Waals surface area contributed by atoms with Crippen LogP contribution in [0.2, 0.25) is 0 Å². The maximum atomic E-state index is 12.1. The lowest BCUT2D eigenvalue weighted by atomic mass is 9.92. The van der Waals surface area contributed by atoms with Gasteiger partial charge in [0.1, 0.15) is 24.1 Å². The van der Waals surface area contributed by atoms with Gasteiger partial charge in [0.2, 0.25) is 0 Å². The fourth-order valence-corrected chi connectivity index (χ4v) is 6.01. The number of ether oxygens (including phenoxy) is 2. The van der Waals surface area contributed by atoms with Crippen LogP contribution in [-0.4, -0.2) is 86.8 Å². The number of aliphatic hydroxyl groups excluding tert-OH is 5. The molecule has 3 aromatic rings. The monoisotopic (exact) mass is 677 g/mol. The number of nitrogens with zero attached hydrogens (tertiary/aromatic N) is 1. The number of hydrogen-bond donors (Lipinski definition) is 7. The average molecular weight is 678 g/mol. The number of nitrogens with one attached hydrogen (secondary N) is 2. The molecule has 2 saturated carbocycles. The summed E-state index contributed by atoms with van der Waals surface area (Å²) in [7, 11) is 0. The van der Waals surface area contributed by atoms with Crippen LogP contribution in [0, 0.1) is 6.92 Å². The fourth-order valence-electron chi connectivity index (χ4n) is 6.01. The van der Waals surface area contributed by atoms with Gasteiger partial charge in [0.15, 0.2) is 0 Å². The van der Waals surface area contributed by atoms with E-state index >= 15 is 0 Å². The smallest absolute Gasteiger partial charge is 0.314 e. The second-order valence-corrected chi connectivity index (χ2v) is 13.5. The van der Waals surface area contributed by atoms with Crippen molar-refractivity contribution in [2.75, 3.05) is 19.7 Å². The van der Waals surface area contributed by atoms with Gasteiger partial charge in [-0.1, -0.05) is 49.7 Å². The molecule has 2 aliphatic carbocycles. The summed E-state index contributed by atoms with van der Waals surface area (Å²) in [6.45, 7) is 4.17. The number of unbranched alkanes of at least 4 members (excludes halogenated alkanes) is 1. The Bertz CT molecular complexity index is 1530. The van der Waals surface area contributed by atoms with Crippen molar-refractivity contribution in [1.29, 1.82) is 0 Å². The van der Waals surface area contributed by atoms with E-state index in [0.29, 0.717) is 25.2 Å². The number of rotatable bonds is 19. The van der Waals surface area contributed by atoms with Crippen molar-refractivity contribution in [2.45, 2.75) is 107 Å². The number of carbonyl (C=O) groups excluding carboxylic acids is 1. The van der Waals surface area contributed by atoms with Gasteiger partial charge in [0.05, 0.1) is 31.0 Å². The second-order valence-electron chi connectivity index (χ2n) is 13.5. The van der Waals surface area contributed by atoms with E-state index in [4.69, 9.17) is 14.6 Å². The molecule has 266 valence electrons. The van der Waals surface area contributed by atoms with E-state index in [1.165, 1.54) is 16.7 Å². The Hall–Kier alpha value is -3.58. The molecule has 2 aromatic carbocycles. The van der Waals surface area contributed by atoms with Gasteiger partial charge < -0.3 is 45.6 Å². The predicted octanol–water partition coefficient (Wildman–Crippen LogP) is 3.81. The van der Waals surface area contributed by atoms with Crippen molar-refractivity contribution in [3.8, 4) is 16.9 Å². The minimum absolute atomic E-state index is 0.310. The summed E-state index contributed by atoms with van der Waals surface area (Å²) in [6.07, 6.45) is 4.23. The van der Waals surface area contributed by atoms with Crippen molar-refractivity contribution in [3.05, 3.63) is 83.2 Å². The Morgan fingerprint density at radius 2 is 1.73 bits per heavy atom. The van der Waals surface area contributed by atoms with Crippen molar-refractivity contribution in [2.24, 2.45) is 0 Å². The zero-order chi connectivity index (χ0) is 35.0. The number of aromatic nitrogens is 1. The van der Waals surface area contributed by atoms with Gasteiger partial charge in [-0.25, -0.2) is 4.79 Å². The highest BCUT2D eigenvalue weighted by Gasteiger charge is 2.47. The number of urea groups is 1. The van der Waals surface area contributed by atoms with E-state index in [0.717, 1.165) is 67.4 Å². The number of para-hydroxylation sites is 1. The molecule has 0 saturated heterocycles. The van der Waals surface area contributed by atoms with E-state index in [-0.39, 0.29) is 12.1 Å².